The number of nitrogens with one attached hydrogen (secondary N) is 1. The minimum atomic E-state index is 0.0349. The average molecular weight is 445 g/mol. The Morgan fingerprint density at radius 3 is 2.68 bits per heavy atom. The first kappa shape index (κ1) is 21.7. The molecule has 166 valence electrons. The number of likely N-dealkylation sites (tertiary alicyclic amines) is 2. The highest BCUT2D eigenvalue weighted by Gasteiger charge is 2.34. The van der Waals surface area contributed by atoms with Crippen molar-refractivity contribution in [2.75, 3.05) is 32.8 Å². The van der Waals surface area contributed by atoms with Crippen molar-refractivity contribution < 1.29 is 14.3 Å². The molecule has 0 bridgehead atoms. The summed E-state index contributed by atoms with van der Waals surface area (Å²) in [5.41, 5.74) is 2.04. The molecule has 3 heterocycles. The number of piperidine rings is 1. The Hall–Kier alpha value is -2.54. The molecule has 2 fully saturated rings. The number of amides is 2. The maximum absolute atomic E-state index is 12.9. The molecule has 0 radical (unpaired) electrons. The van der Waals surface area contributed by atoms with Crippen molar-refractivity contribution in [1.82, 2.24) is 20.0 Å². The number of benzene rings is 1. The second-order valence-electron chi connectivity index (χ2n) is 8.42. The zero-order valence-corrected chi connectivity index (χ0v) is 18.6. The molecule has 2 aliphatic rings. The Morgan fingerprint density at radius 1 is 1.16 bits per heavy atom. The fourth-order valence-corrected chi connectivity index (χ4v) is 4.63. The molecule has 8 heteroatoms. The Balaban J connectivity index is 1.24. The highest BCUT2D eigenvalue weighted by atomic mass is 35.5. The quantitative estimate of drug-likeness (QED) is 0.741. The topological polar surface area (TPSA) is 78.5 Å². The zero-order valence-electron chi connectivity index (χ0n) is 17.8. The van der Waals surface area contributed by atoms with Crippen LogP contribution < -0.4 is 4.74 Å². The molecule has 2 aliphatic heterocycles. The van der Waals surface area contributed by atoms with E-state index in [-0.39, 0.29) is 23.7 Å². The van der Waals surface area contributed by atoms with E-state index in [1.54, 1.807) is 13.0 Å². The lowest BCUT2D eigenvalue weighted by Gasteiger charge is -2.32. The number of ether oxygens (including phenoxy) is 1. The highest BCUT2D eigenvalue weighted by molar-refractivity contribution is 6.30. The van der Waals surface area contributed by atoms with E-state index >= 15 is 0 Å². The highest BCUT2D eigenvalue weighted by Crippen LogP contribution is 2.29. The van der Waals surface area contributed by atoms with Gasteiger partial charge in [0.05, 0.1) is 12.3 Å². The Kier molecular flexibility index (Phi) is 6.80. The fourth-order valence-electron chi connectivity index (χ4n) is 4.45. The summed E-state index contributed by atoms with van der Waals surface area (Å²) < 4.78 is 5.75. The molecule has 0 unspecified atom stereocenters. The van der Waals surface area contributed by atoms with Crippen LogP contribution in [0.4, 0.5) is 0 Å². The SMILES string of the molecule is CC(=O)N1CCC(C(=O)N2CC[C@@H](c3cc(CCOc4cccc(Cl)c4)[nH]n3)C2)CC1. The van der Waals surface area contributed by atoms with Gasteiger partial charge in [-0.15, -0.1) is 0 Å². The lowest BCUT2D eigenvalue weighted by Crippen LogP contribution is -2.43. The summed E-state index contributed by atoms with van der Waals surface area (Å²) in [6, 6.07) is 9.46. The van der Waals surface area contributed by atoms with Crippen LogP contribution in [0, 0.1) is 5.92 Å². The first-order chi connectivity index (χ1) is 15.0. The lowest BCUT2D eigenvalue weighted by molar-refractivity contribution is -0.139. The Morgan fingerprint density at radius 2 is 1.94 bits per heavy atom. The summed E-state index contributed by atoms with van der Waals surface area (Å²) in [5.74, 6) is 1.38. The molecule has 1 N–H and O–H groups in total. The molecular weight excluding hydrogens is 416 g/mol. The number of H-pyrrole nitrogens is 1. The van der Waals surface area contributed by atoms with E-state index in [9.17, 15) is 9.59 Å². The Labute approximate surface area is 187 Å². The molecule has 4 rings (SSSR count). The molecule has 0 aliphatic carbocycles. The predicted molar refractivity (Wildman–Crippen MR) is 118 cm³/mol. The molecule has 1 aromatic heterocycles. The van der Waals surface area contributed by atoms with Crippen molar-refractivity contribution in [3.05, 3.63) is 46.7 Å². The van der Waals surface area contributed by atoms with Gasteiger partial charge in [0.1, 0.15) is 5.75 Å². The van der Waals surface area contributed by atoms with Gasteiger partial charge in [0.2, 0.25) is 11.8 Å². The van der Waals surface area contributed by atoms with E-state index in [0.717, 1.165) is 55.9 Å². The summed E-state index contributed by atoms with van der Waals surface area (Å²) >= 11 is 5.98. The number of halogens is 1. The van der Waals surface area contributed by atoms with Crippen molar-refractivity contribution in [3.63, 3.8) is 0 Å². The molecule has 2 saturated heterocycles. The van der Waals surface area contributed by atoms with Crippen molar-refractivity contribution >= 4 is 23.4 Å². The third-order valence-corrected chi connectivity index (χ3v) is 6.53. The number of aromatic nitrogens is 2. The van der Waals surface area contributed by atoms with Crippen LogP contribution in [-0.4, -0.2) is 64.6 Å². The van der Waals surface area contributed by atoms with E-state index < -0.39 is 0 Å². The summed E-state index contributed by atoms with van der Waals surface area (Å²) in [7, 11) is 0. The number of rotatable bonds is 6. The fraction of sp³-hybridized carbons (Fsp3) is 0.522. The van der Waals surface area contributed by atoms with Gasteiger partial charge in [-0.05, 0) is 43.5 Å². The number of carbonyl (C=O) groups is 2. The van der Waals surface area contributed by atoms with E-state index in [4.69, 9.17) is 16.3 Å². The van der Waals surface area contributed by atoms with Gasteiger partial charge in [-0.3, -0.25) is 14.7 Å². The molecule has 31 heavy (non-hydrogen) atoms. The third-order valence-electron chi connectivity index (χ3n) is 6.29. The zero-order chi connectivity index (χ0) is 21.8. The van der Waals surface area contributed by atoms with Crippen LogP contribution in [0.5, 0.6) is 5.75 Å². The second kappa shape index (κ2) is 9.73. The first-order valence-electron chi connectivity index (χ1n) is 11.0. The van der Waals surface area contributed by atoms with Gasteiger partial charge >= 0.3 is 0 Å². The number of hydrogen-bond acceptors (Lipinski definition) is 4. The number of aromatic amines is 1. The molecule has 1 atom stereocenters. The minimum Gasteiger partial charge on any atom is -0.493 e. The minimum absolute atomic E-state index is 0.0349. The molecule has 0 spiro atoms. The predicted octanol–water partition coefficient (Wildman–Crippen LogP) is 3.26. The number of hydrogen-bond donors (Lipinski definition) is 1. The van der Waals surface area contributed by atoms with Crippen LogP contribution in [0.25, 0.3) is 0 Å². The van der Waals surface area contributed by atoms with E-state index in [2.05, 4.69) is 16.3 Å². The van der Waals surface area contributed by atoms with Crippen molar-refractivity contribution in [3.8, 4) is 5.75 Å². The van der Waals surface area contributed by atoms with Gasteiger partial charge in [0, 0.05) is 62.1 Å². The lowest BCUT2D eigenvalue weighted by atomic mass is 9.95. The van der Waals surface area contributed by atoms with E-state index in [1.165, 1.54) is 0 Å². The molecule has 2 amide bonds. The van der Waals surface area contributed by atoms with Crippen LogP contribution in [0.1, 0.15) is 43.5 Å². The maximum atomic E-state index is 12.9. The number of carbonyl (C=O) groups excluding carboxylic acids is 2. The molecule has 0 saturated carbocycles. The van der Waals surface area contributed by atoms with Crippen molar-refractivity contribution in [2.45, 2.75) is 38.5 Å². The third kappa shape index (κ3) is 5.39. The van der Waals surface area contributed by atoms with E-state index in [1.807, 2.05) is 28.0 Å². The second-order valence-corrected chi connectivity index (χ2v) is 8.86. The molecular formula is C23H29ClN4O3. The molecule has 1 aromatic carbocycles. The van der Waals surface area contributed by atoms with Crippen LogP contribution >= 0.6 is 11.6 Å². The van der Waals surface area contributed by atoms with Gasteiger partial charge in [0.15, 0.2) is 0 Å². The van der Waals surface area contributed by atoms with Gasteiger partial charge in [0.25, 0.3) is 0 Å². The van der Waals surface area contributed by atoms with Crippen LogP contribution in [0.2, 0.25) is 5.02 Å². The summed E-state index contributed by atoms with van der Waals surface area (Å²) in [6.45, 7) is 4.99. The first-order valence-corrected chi connectivity index (χ1v) is 11.3. The Bertz CT molecular complexity index is 923. The largest absolute Gasteiger partial charge is 0.493 e. The summed E-state index contributed by atoms with van der Waals surface area (Å²) in [4.78, 5) is 28.2. The van der Waals surface area contributed by atoms with Crippen LogP contribution in [-0.2, 0) is 16.0 Å². The normalized spacial score (nSPS) is 19.6. The maximum Gasteiger partial charge on any atom is 0.225 e. The van der Waals surface area contributed by atoms with Crippen LogP contribution in [0.15, 0.2) is 30.3 Å². The van der Waals surface area contributed by atoms with Crippen LogP contribution in [0.3, 0.4) is 0 Å². The van der Waals surface area contributed by atoms with Gasteiger partial charge in [-0.1, -0.05) is 17.7 Å². The van der Waals surface area contributed by atoms with Crippen molar-refractivity contribution in [1.29, 1.82) is 0 Å². The van der Waals surface area contributed by atoms with E-state index in [0.29, 0.717) is 24.7 Å². The van der Waals surface area contributed by atoms with Crippen molar-refractivity contribution in [2.24, 2.45) is 5.92 Å². The monoisotopic (exact) mass is 444 g/mol. The number of nitrogens with zero attached hydrogens (tertiary/aromatic N) is 3. The van der Waals surface area contributed by atoms with Gasteiger partial charge in [-0.2, -0.15) is 5.10 Å². The summed E-state index contributed by atoms with van der Waals surface area (Å²) in [5, 5.41) is 8.25. The standard InChI is InChI=1S/C23H29ClN4O3/c1-16(29)27-9-5-17(6-10-27)23(30)28-11-7-18(15-28)22-14-20(25-26-22)8-12-31-21-4-2-3-19(24)13-21/h2-4,13-14,17-18H,5-12,15H2,1H3,(H,25,26)/t18-/m1/s1. The van der Waals surface area contributed by atoms with Gasteiger partial charge < -0.3 is 14.5 Å². The molecule has 7 nitrogen and oxygen atoms in total. The summed E-state index contributed by atoms with van der Waals surface area (Å²) in [6.07, 6.45) is 3.18. The smallest absolute Gasteiger partial charge is 0.225 e. The van der Waals surface area contributed by atoms with Gasteiger partial charge in [-0.25, -0.2) is 0 Å². The molecule has 2 aromatic rings. The average Bonchev–Trinajstić information content (AvgIpc) is 3.43.